The minimum absolute atomic E-state index is 1.17. The molecule has 0 saturated carbocycles. The van der Waals surface area contributed by atoms with Crippen LogP contribution in [0.3, 0.4) is 0 Å². The summed E-state index contributed by atoms with van der Waals surface area (Å²) in [5.74, 6) is 2.55. The SMILES string of the molecule is C#CC=C(C)CCCCCC. The molecule has 0 aliphatic carbocycles. The van der Waals surface area contributed by atoms with Crippen LogP contribution < -0.4 is 0 Å². The molecule has 0 aromatic rings. The van der Waals surface area contributed by atoms with Gasteiger partial charge in [-0.3, -0.25) is 0 Å². The number of hydrogen-bond donors (Lipinski definition) is 0. The smallest absolute Gasteiger partial charge is 0.0132 e. The lowest BCUT2D eigenvalue weighted by Gasteiger charge is -1.98. The molecule has 0 aromatic carbocycles. The monoisotopic (exact) mass is 150 g/mol. The van der Waals surface area contributed by atoms with Gasteiger partial charge in [-0.15, -0.1) is 6.42 Å². The van der Waals surface area contributed by atoms with Crippen LogP contribution in [0.4, 0.5) is 0 Å². The van der Waals surface area contributed by atoms with Crippen LogP contribution in [0.15, 0.2) is 11.6 Å². The summed E-state index contributed by atoms with van der Waals surface area (Å²) in [4.78, 5) is 0. The van der Waals surface area contributed by atoms with Gasteiger partial charge in [-0.2, -0.15) is 0 Å². The minimum Gasteiger partial charge on any atom is -0.115 e. The first-order valence-electron chi connectivity index (χ1n) is 4.43. The molecule has 0 N–H and O–H groups in total. The van der Waals surface area contributed by atoms with Crippen molar-refractivity contribution in [2.75, 3.05) is 0 Å². The minimum atomic E-state index is 1.17. The van der Waals surface area contributed by atoms with Gasteiger partial charge in [0.15, 0.2) is 0 Å². The second kappa shape index (κ2) is 7.41. The van der Waals surface area contributed by atoms with Gasteiger partial charge in [0.25, 0.3) is 0 Å². The third-order valence-electron chi connectivity index (χ3n) is 1.75. The fraction of sp³-hybridized carbons (Fsp3) is 0.636. The van der Waals surface area contributed by atoms with Gasteiger partial charge in [0.2, 0.25) is 0 Å². The third kappa shape index (κ3) is 7.19. The van der Waals surface area contributed by atoms with E-state index in [0.717, 1.165) is 0 Å². The fourth-order valence-corrected chi connectivity index (χ4v) is 1.05. The van der Waals surface area contributed by atoms with Crippen molar-refractivity contribution in [3.05, 3.63) is 11.6 Å². The second-order valence-electron chi connectivity index (χ2n) is 2.97. The van der Waals surface area contributed by atoms with E-state index in [1.54, 1.807) is 0 Å². The van der Waals surface area contributed by atoms with E-state index in [-0.39, 0.29) is 0 Å². The maximum atomic E-state index is 5.13. The molecule has 0 nitrogen and oxygen atoms in total. The predicted molar refractivity (Wildman–Crippen MR) is 51.3 cm³/mol. The highest BCUT2D eigenvalue weighted by molar-refractivity contribution is 5.15. The first kappa shape index (κ1) is 10.3. The summed E-state index contributed by atoms with van der Waals surface area (Å²) in [6, 6.07) is 0. The van der Waals surface area contributed by atoms with Crippen LogP contribution in [0.1, 0.15) is 46.0 Å². The fourth-order valence-electron chi connectivity index (χ4n) is 1.05. The molecule has 0 unspecified atom stereocenters. The normalized spacial score (nSPS) is 11.2. The summed E-state index contributed by atoms with van der Waals surface area (Å²) < 4.78 is 0. The Morgan fingerprint density at radius 2 is 2.09 bits per heavy atom. The zero-order valence-corrected chi connectivity index (χ0v) is 7.69. The lowest BCUT2D eigenvalue weighted by molar-refractivity contribution is 0.664. The Hall–Kier alpha value is -0.700. The van der Waals surface area contributed by atoms with Crippen molar-refractivity contribution in [2.45, 2.75) is 46.0 Å². The molecule has 0 heterocycles. The molecule has 0 aromatic heterocycles. The molecule has 11 heavy (non-hydrogen) atoms. The Morgan fingerprint density at radius 3 is 2.64 bits per heavy atom. The Kier molecular flexibility index (Phi) is 6.94. The summed E-state index contributed by atoms with van der Waals surface area (Å²) in [6.07, 6.45) is 13.5. The maximum Gasteiger partial charge on any atom is -0.0132 e. The van der Waals surface area contributed by atoms with E-state index in [2.05, 4.69) is 19.8 Å². The van der Waals surface area contributed by atoms with Crippen LogP contribution in [0.2, 0.25) is 0 Å². The lowest BCUT2D eigenvalue weighted by Crippen LogP contribution is -1.78. The molecule has 0 aliphatic rings. The molecule has 0 fully saturated rings. The Bertz CT molecular complexity index is 146. The van der Waals surface area contributed by atoms with Gasteiger partial charge >= 0.3 is 0 Å². The van der Waals surface area contributed by atoms with Crippen LogP contribution in [-0.2, 0) is 0 Å². The van der Waals surface area contributed by atoms with Crippen molar-refractivity contribution in [1.29, 1.82) is 0 Å². The standard InChI is InChI=1S/C11H18/c1-4-6-7-8-10-11(3)9-5-2/h2,9H,4,6-8,10H2,1,3H3. The van der Waals surface area contributed by atoms with Gasteiger partial charge in [-0.25, -0.2) is 0 Å². The molecule has 62 valence electrons. The van der Waals surface area contributed by atoms with Crippen LogP contribution in [0, 0.1) is 12.3 Å². The molecule has 0 aliphatic heterocycles. The molecular weight excluding hydrogens is 132 g/mol. The third-order valence-corrected chi connectivity index (χ3v) is 1.75. The van der Waals surface area contributed by atoms with Crippen LogP contribution >= 0.6 is 0 Å². The molecule has 0 amide bonds. The maximum absolute atomic E-state index is 5.13. The number of unbranched alkanes of at least 4 members (excludes halogenated alkanes) is 3. The van der Waals surface area contributed by atoms with Gasteiger partial charge < -0.3 is 0 Å². The highest BCUT2D eigenvalue weighted by Crippen LogP contribution is 2.08. The van der Waals surface area contributed by atoms with Crippen LogP contribution in [0.5, 0.6) is 0 Å². The van der Waals surface area contributed by atoms with E-state index in [1.807, 2.05) is 6.08 Å². The predicted octanol–water partition coefficient (Wildman–Crippen LogP) is 3.54. The zero-order chi connectivity index (χ0) is 8.53. The van der Waals surface area contributed by atoms with E-state index >= 15 is 0 Å². The van der Waals surface area contributed by atoms with Crippen molar-refractivity contribution in [3.63, 3.8) is 0 Å². The van der Waals surface area contributed by atoms with Gasteiger partial charge in [0, 0.05) is 0 Å². The Labute approximate surface area is 70.7 Å². The zero-order valence-electron chi connectivity index (χ0n) is 7.69. The van der Waals surface area contributed by atoms with E-state index in [4.69, 9.17) is 6.42 Å². The average Bonchev–Trinajstić information content (AvgIpc) is 1.99. The summed E-state index contributed by atoms with van der Waals surface area (Å²) in [6.45, 7) is 4.33. The molecule has 0 saturated heterocycles. The molecule has 0 spiro atoms. The average molecular weight is 150 g/mol. The second-order valence-corrected chi connectivity index (χ2v) is 2.97. The van der Waals surface area contributed by atoms with Crippen molar-refractivity contribution < 1.29 is 0 Å². The Balaban J connectivity index is 3.26. The number of rotatable bonds is 5. The van der Waals surface area contributed by atoms with Gasteiger partial charge in [0.1, 0.15) is 0 Å². The van der Waals surface area contributed by atoms with Crippen LogP contribution in [-0.4, -0.2) is 0 Å². The van der Waals surface area contributed by atoms with E-state index < -0.39 is 0 Å². The highest BCUT2D eigenvalue weighted by atomic mass is 13.9. The van der Waals surface area contributed by atoms with Crippen molar-refractivity contribution in [1.82, 2.24) is 0 Å². The molecule has 0 atom stereocenters. The first-order valence-corrected chi connectivity index (χ1v) is 4.43. The number of hydrogen-bond acceptors (Lipinski definition) is 0. The quantitative estimate of drug-likeness (QED) is 0.415. The lowest BCUT2D eigenvalue weighted by atomic mass is 10.1. The molecule has 0 heteroatoms. The summed E-state index contributed by atoms with van der Waals surface area (Å²) in [5, 5.41) is 0. The molecular formula is C11H18. The number of allylic oxidation sites excluding steroid dienone is 2. The van der Waals surface area contributed by atoms with Crippen molar-refractivity contribution in [3.8, 4) is 12.3 Å². The number of terminal acetylenes is 1. The van der Waals surface area contributed by atoms with E-state index in [0.29, 0.717) is 0 Å². The molecule has 0 rings (SSSR count). The van der Waals surface area contributed by atoms with Crippen LogP contribution in [0.25, 0.3) is 0 Å². The first-order chi connectivity index (χ1) is 5.31. The summed E-state index contributed by atoms with van der Waals surface area (Å²) in [5.41, 5.74) is 1.34. The topological polar surface area (TPSA) is 0 Å². The van der Waals surface area contributed by atoms with Crippen molar-refractivity contribution >= 4 is 0 Å². The van der Waals surface area contributed by atoms with Gasteiger partial charge in [-0.05, 0) is 25.8 Å². The molecule has 0 bridgehead atoms. The Morgan fingerprint density at radius 1 is 1.36 bits per heavy atom. The highest BCUT2D eigenvalue weighted by Gasteiger charge is 1.89. The largest absolute Gasteiger partial charge is 0.115 e. The van der Waals surface area contributed by atoms with Crippen molar-refractivity contribution in [2.24, 2.45) is 0 Å². The summed E-state index contributed by atoms with van der Waals surface area (Å²) in [7, 11) is 0. The van der Waals surface area contributed by atoms with E-state index in [9.17, 15) is 0 Å². The summed E-state index contributed by atoms with van der Waals surface area (Å²) >= 11 is 0. The van der Waals surface area contributed by atoms with Gasteiger partial charge in [-0.1, -0.05) is 37.7 Å². The van der Waals surface area contributed by atoms with Gasteiger partial charge in [0.05, 0.1) is 0 Å². The van der Waals surface area contributed by atoms with E-state index in [1.165, 1.54) is 37.7 Å². The molecule has 0 radical (unpaired) electrons.